The molecule has 0 saturated heterocycles. The van der Waals surface area contributed by atoms with Gasteiger partial charge in [0.25, 0.3) is 0 Å². The molecule has 2 nitrogen and oxygen atoms in total. The normalized spacial score (nSPS) is 11.4. The third-order valence-electron chi connectivity index (χ3n) is 4.84. The van der Waals surface area contributed by atoms with Gasteiger partial charge in [0.2, 0.25) is 0 Å². The fourth-order valence-corrected chi connectivity index (χ4v) is 5.14. The summed E-state index contributed by atoms with van der Waals surface area (Å²) in [6.07, 6.45) is 15.7. The molecule has 2 aromatic carbocycles. The van der Waals surface area contributed by atoms with Crippen LogP contribution in [0.3, 0.4) is 0 Å². The number of nitrogens with zero attached hydrogens (tertiary/aromatic N) is 2. The molecule has 0 unspecified atom stereocenters. The summed E-state index contributed by atoms with van der Waals surface area (Å²) in [4.78, 5) is 8.09. The van der Waals surface area contributed by atoms with Gasteiger partial charge >= 0.3 is 0 Å². The van der Waals surface area contributed by atoms with Gasteiger partial charge in [-0.3, -0.25) is 9.97 Å². The minimum Gasteiger partial charge on any atom is -0.265 e. The molecule has 0 spiro atoms. The van der Waals surface area contributed by atoms with Crippen LogP contribution in [-0.4, -0.2) is 9.97 Å². The number of hydrogen-bond acceptors (Lipinski definition) is 4. The summed E-state index contributed by atoms with van der Waals surface area (Å²) in [6, 6.07) is 25.6. The molecule has 32 heavy (non-hydrogen) atoms. The highest BCUT2D eigenvalue weighted by atomic mass is 33.1. The van der Waals surface area contributed by atoms with Gasteiger partial charge in [-0.15, -0.1) is 0 Å². The summed E-state index contributed by atoms with van der Waals surface area (Å²) in [6.45, 7) is 0. The van der Waals surface area contributed by atoms with Gasteiger partial charge in [0, 0.05) is 36.3 Å². The predicted octanol–water partition coefficient (Wildman–Crippen LogP) is 7.90. The van der Waals surface area contributed by atoms with Crippen LogP contribution in [0.5, 0.6) is 0 Å². The van der Waals surface area contributed by atoms with Crippen LogP contribution in [0.4, 0.5) is 0 Å². The van der Waals surface area contributed by atoms with E-state index in [0.29, 0.717) is 0 Å². The third kappa shape index (κ3) is 7.26. The van der Waals surface area contributed by atoms with Crippen molar-refractivity contribution in [1.29, 1.82) is 0 Å². The lowest BCUT2D eigenvalue weighted by atomic mass is 10.1. The van der Waals surface area contributed by atoms with Crippen molar-refractivity contribution in [1.82, 2.24) is 9.97 Å². The zero-order valence-corrected chi connectivity index (χ0v) is 19.3. The molecule has 0 bridgehead atoms. The van der Waals surface area contributed by atoms with Gasteiger partial charge in [-0.05, 0) is 57.6 Å². The van der Waals surface area contributed by atoms with Gasteiger partial charge in [0.05, 0.1) is 0 Å². The van der Waals surface area contributed by atoms with Gasteiger partial charge in [0.1, 0.15) is 0 Å². The number of pyridine rings is 2. The van der Waals surface area contributed by atoms with Gasteiger partial charge in [0.15, 0.2) is 0 Å². The smallest absolute Gasteiger partial charge is 0.0288 e. The van der Waals surface area contributed by atoms with E-state index < -0.39 is 0 Å². The van der Waals surface area contributed by atoms with Crippen LogP contribution >= 0.6 is 21.6 Å². The van der Waals surface area contributed by atoms with Crippen LogP contribution in [0.2, 0.25) is 0 Å². The molecule has 0 saturated carbocycles. The van der Waals surface area contributed by atoms with Gasteiger partial charge in [-0.2, -0.15) is 0 Å². The van der Waals surface area contributed by atoms with E-state index in [1.165, 1.54) is 22.3 Å². The minimum atomic E-state index is 1.01. The average molecular weight is 453 g/mol. The average Bonchev–Trinajstić information content (AvgIpc) is 2.87. The molecule has 0 aliphatic heterocycles. The van der Waals surface area contributed by atoms with Crippen LogP contribution in [0, 0.1) is 0 Å². The standard InChI is InChI=1S/C28H24N2S2/c1(3-25-13-17-29-18-14-25)23-5-9-27(10-6-23)21-31-32-22-28-11-7-24(8-12-28)2-4-26-15-19-30-20-16-26/h1-20H,21-22H2/b3-1+,4-2+. The Morgan fingerprint density at radius 3 is 1.09 bits per heavy atom. The summed E-state index contributed by atoms with van der Waals surface area (Å²) in [7, 11) is 3.80. The Morgan fingerprint density at radius 2 is 0.750 bits per heavy atom. The Balaban J connectivity index is 1.19. The first-order valence-electron chi connectivity index (χ1n) is 10.4. The molecule has 4 aromatic rings. The van der Waals surface area contributed by atoms with Crippen molar-refractivity contribution >= 4 is 45.9 Å². The maximum atomic E-state index is 4.05. The van der Waals surface area contributed by atoms with Crippen LogP contribution in [0.25, 0.3) is 24.3 Å². The maximum Gasteiger partial charge on any atom is 0.0288 e. The maximum absolute atomic E-state index is 4.05. The van der Waals surface area contributed by atoms with E-state index in [9.17, 15) is 0 Å². The van der Waals surface area contributed by atoms with Crippen molar-refractivity contribution in [2.45, 2.75) is 11.5 Å². The number of aromatic nitrogens is 2. The highest BCUT2D eigenvalue weighted by Gasteiger charge is 1.98. The van der Waals surface area contributed by atoms with Crippen LogP contribution in [0.15, 0.2) is 97.6 Å². The zero-order chi connectivity index (χ0) is 21.8. The Morgan fingerprint density at radius 1 is 0.438 bits per heavy atom. The monoisotopic (exact) mass is 452 g/mol. The van der Waals surface area contributed by atoms with E-state index in [0.717, 1.165) is 22.6 Å². The van der Waals surface area contributed by atoms with Crippen LogP contribution < -0.4 is 0 Å². The molecule has 0 aliphatic carbocycles. The fraction of sp³-hybridized carbons (Fsp3) is 0.0714. The third-order valence-corrected chi connectivity index (χ3v) is 7.12. The highest BCUT2D eigenvalue weighted by Crippen LogP contribution is 2.29. The van der Waals surface area contributed by atoms with Crippen molar-refractivity contribution in [3.05, 3.63) is 131 Å². The molecule has 0 atom stereocenters. The molecule has 0 radical (unpaired) electrons. The Bertz CT molecular complexity index is 1040. The van der Waals surface area contributed by atoms with E-state index in [2.05, 4.69) is 82.8 Å². The second kappa shape index (κ2) is 12.1. The number of benzene rings is 2. The Hall–Kier alpha value is -3.08. The number of rotatable bonds is 9. The Kier molecular flexibility index (Phi) is 8.36. The molecular weight excluding hydrogens is 428 g/mol. The molecule has 4 heteroatoms. The van der Waals surface area contributed by atoms with Gasteiger partial charge in [-0.1, -0.05) is 94.4 Å². The summed E-state index contributed by atoms with van der Waals surface area (Å²) >= 11 is 0. The quantitative estimate of drug-likeness (QED) is 0.190. The predicted molar refractivity (Wildman–Crippen MR) is 142 cm³/mol. The zero-order valence-electron chi connectivity index (χ0n) is 17.7. The van der Waals surface area contributed by atoms with Crippen molar-refractivity contribution in [3.63, 3.8) is 0 Å². The largest absolute Gasteiger partial charge is 0.265 e. The molecule has 0 N–H and O–H groups in total. The van der Waals surface area contributed by atoms with E-state index in [1.807, 2.05) is 70.6 Å². The van der Waals surface area contributed by atoms with Crippen molar-refractivity contribution < 1.29 is 0 Å². The van der Waals surface area contributed by atoms with Crippen LogP contribution in [-0.2, 0) is 11.5 Å². The van der Waals surface area contributed by atoms with E-state index >= 15 is 0 Å². The van der Waals surface area contributed by atoms with E-state index in [1.54, 1.807) is 0 Å². The summed E-state index contributed by atoms with van der Waals surface area (Å²) in [5.41, 5.74) is 7.44. The molecule has 4 rings (SSSR count). The topological polar surface area (TPSA) is 25.8 Å². The first kappa shape index (κ1) is 22.1. The molecular formula is C28H24N2S2. The fourth-order valence-electron chi connectivity index (χ4n) is 3.00. The molecule has 0 aliphatic rings. The second-order valence-electron chi connectivity index (χ2n) is 7.24. The van der Waals surface area contributed by atoms with E-state index in [-0.39, 0.29) is 0 Å². The SMILES string of the molecule is C(=C\c1ccc(CSSCc2ccc(/C=C/c3ccncc3)cc2)cc1)/c1ccncc1. The summed E-state index contributed by atoms with van der Waals surface area (Å²) in [5.74, 6) is 2.01. The molecule has 0 fully saturated rings. The first-order chi connectivity index (χ1) is 15.8. The molecule has 2 aromatic heterocycles. The minimum absolute atomic E-state index is 1.01. The lowest BCUT2D eigenvalue weighted by Gasteiger charge is -2.04. The van der Waals surface area contributed by atoms with Crippen molar-refractivity contribution in [3.8, 4) is 0 Å². The van der Waals surface area contributed by atoms with Gasteiger partial charge < -0.3 is 0 Å². The van der Waals surface area contributed by atoms with Crippen molar-refractivity contribution in [2.75, 3.05) is 0 Å². The van der Waals surface area contributed by atoms with Gasteiger partial charge in [-0.25, -0.2) is 0 Å². The lowest BCUT2D eigenvalue weighted by molar-refractivity contribution is 1.32. The van der Waals surface area contributed by atoms with E-state index in [4.69, 9.17) is 0 Å². The highest BCUT2D eigenvalue weighted by molar-refractivity contribution is 8.76. The van der Waals surface area contributed by atoms with Crippen LogP contribution in [0.1, 0.15) is 33.4 Å². The molecule has 2 heterocycles. The Labute approximate surface area is 197 Å². The second-order valence-corrected chi connectivity index (χ2v) is 9.70. The number of hydrogen-bond donors (Lipinski definition) is 0. The summed E-state index contributed by atoms with van der Waals surface area (Å²) < 4.78 is 0. The first-order valence-corrected chi connectivity index (χ1v) is 12.9. The molecule has 158 valence electrons. The lowest BCUT2D eigenvalue weighted by Crippen LogP contribution is -1.82. The molecule has 0 amide bonds. The van der Waals surface area contributed by atoms with Crippen molar-refractivity contribution in [2.24, 2.45) is 0 Å². The summed E-state index contributed by atoms with van der Waals surface area (Å²) in [5, 5.41) is 0.